The molecule has 0 bridgehead atoms. The molecule has 1 rings (SSSR count). The van der Waals surface area contributed by atoms with Gasteiger partial charge < -0.3 is 19.9 Å². The number of carbonyl (C=O) groups is 1. The molecule has 5 heteroatoms. The van der Waals surface area contributed by atoms with Crippen LogP contribution in [0.5, 0.6) is 11.5 Å². The molecule has 0 heterocycles. The van der Waals surface area contributed by atoms with Crippen LogP contribution in [0, 0.1) is 0 Å². The quantitative estimate of drug-likeness (QED) is 0.716. The zero-order chi connectivity index (χ0) is 15.0. The molecule has 5 nitrogen and oxygen atoms in total. The molecule has 2 N–H and O–H groups in total. The summed E-state index contributed by atoms with van der Waals surface area (Å²) in [6.45, 7) is 7.12. The highest BCUT2D eigenvalue weighted by Gasteiger charge is 2.22. The van der Waals surface area contributed by atoms with E-state index >= 15 is 0 Å². The van der Waals surface area contributed by atoms with Gasteiger partial charge in [-0.05, 0) is 44.5 Å². The molecule has 1 unspecified atom stereocenters. The van der Waals surface area contributed by atoms with E-state index in [-0.39, 0.29) is 11.7 Å². The summed E-state index contributed by atoms with van der Waals surface area (Å²) in [7, 11) is 0. The molecule has 0 aliphatic heterocycles. The minimum absolute atomic E-state index is 0.0636. The Bertz CT molecular complexity index is 434. The number of carbonyl (C=O) groups excluding carboxylic acids is 1. The average Bonchev–Trinajstić information content (AvgIpc) is 2.43. The molecule has 0 radical (unpaired) electrons. The monoisotopic (exact) mass is 281 g/mol. The topological polar surface area (TPSA) is 67.8 Å². The molecule has 20 heavy (non-hydrogen) atoms. The fourth-order valence-electron chi connectivity index (χ4n) is 1.83. The number of rotatable bonds is 8. The summed E-state index contributed by atoms with van der Waals surface area (Å²) >= 11 is 0. The van der Waals surface area contributed by atoms with Crippen molar-refractivity contribution in [2.24, 2.45) is 0 Å². The van der Waals surface area contributed by atoms with Crippen LogP contribution in [-0.4, -0.2) is 30.8 Å². The summed E-state index contributed by atoms with van der Waals surface area (Å²) in [5.74, 6) is 0.111. The summed E-state index contributed by atoms with van der Waals surface area (Å²) in [4.78, 5) is 12.0. The normalized spacial score (nSPS) is 11.9. The maximum Gasteiger partial charge on any atom is 0.327 e. The van der Waals surface area contributed by atoms with Crippen LogP contribution in [0.2, 0.25) is 0 Å². The van der Waals surface area contributed by atoms with Gasteiger partial charge in [-0.15, -0.1) is 0 Å². The first kappa shape index (κ1) is 16.3. The van der Waals surface area contributed by atoms with Crippen molar-refractivity contribution in [3.8, 4) is 11.5 Å². The van der Waals surface area contributed by atoms with Gasteiger partial charge in [0.25, 0.3) is 0 Å². The third-order valence-corrected chi connectivity index (χ3v) is 2.74. The zero-order valence-corrected chi connectivity index (χ0v) is 12.3. The van der Waals surface area contributed by atoms with Crippen LogP contribution in [0.4, 0.5) is 0 Å². The molecule has 0 aromatic heterocycles. The van der Waals surface area contributed by atoms with Crippen molar-refractivity contribution in [2.75, 3.05) is 19.8 Å². The minimum Gasteiger partial charge on any atom is -0.504 e. The third kappa shape index (κ3) is 4.42. The molecule has 112 valence electrons. The summed E-state index contributed by atoms with van der Waals surface area (Å²) in [6.07, 6.45) is 0.909. The highest BCUT2D eigenvalue weighted by molar-refractivity contribution is 5.78. The van der Waals surface area contributed by atoms with Crippen molar-refractivity contribution >= 4 is 5.97 Å². The Balaban J connectivity index is 2.99. The summed E-state index contributed by atoms with van der Waals surface area (Å²) in [5, 5.41) is 12.9. The standard InChI is InChI=1S/C15H23NO4/c1-4-9-16-14(15(18)20-6-3)11-7-8-12(17)13(10-11)19-5-2/h7-8,10,14,16-17H,4-6,9H2,1-3H3. The SMILES string of the molecule is CCCNC(C(=O)OCC)c1ccc(O)c(OCC)c1. The van der Waals surface area contributed by atoms with Crippen LogP contribution in [0.1, 0.15) is 38.8 Å². The second-order valence-electron chi connectivity index (χ2n) is 4.30. The summed E-state index contributed by atoms with van der Waals surface area (Å²) < 4.78 is 10.4. The van der Waals surface area contributed by atoms with E-state index < -0.39 is 6.04 Å². The minimum atomic E-state index is -0.547. The van der Waals surface area contributed by atoms with E-state index in [4.69, 9.17) is 9.47 Å². The van der Waals surface area contributed by atoms with Crippen molar-refractivity contribution in [1.82, 2.24) is 5.32 Å². The van der Waals surface area contributed by atoms with Gasteiger partial charge >= 0.3 is 5.97 Å². The number of esters is 1. The lowest BCUT2D eigenvalue weighted by atomic mass is 10.1. The van der Waals surface area contributed by atoms with Gasteiger partial charge in [0.2, 0.25) is 0 Å². The number of phenols is 1. The number of phenolic OH excluding ortho intramolecular Hbond substituents is 1. The predicted molar refractivity (Wildman–Crippen MR) is 76.9 cm³/mol. The highest BCUT2D eigenvalue weighted by Crippen LogP contribution is 2.29. The number of ether oxygens (including phenoxy) is 2. The van der Waals surface area contributed by atoms with Gasteiger partial charge in [0.05, 0.1) is 13.2 Å². The van der Waals surface area contributed by atoms with Crippen LogP contribution in [0.3, 0.4) is 0 Å². The summed E-state index contributed by atoms with van der Waals surface area (Å²) in [6, 6.07) is 4.35. The average molecular weight is 281 g/mol. The van der Waals surface area contributed by atoms with Gasteiger partial charge in [0.1, 0.15) is 6.04 Å². The number of nitrogens with one attached hydrogen (secondary N) is 1. The lowest BCUT2D eigenvalue weighted by molar-refractivity contribution is -0.145. The van der Waals surface area contributed by atoms with E-state index in [0.29, 0.717) is 25.5 Å². The highest BCUT2D eigenvalue weighted by atomic mass is 16.5. The molecule has 1 aromatic rings. The number of hydrogen-bond acceptors (Lipinski definition) is 5. The van der Waals surface area contributed by atoms with E-state index in [1.54, 1.807) is 19.1 Å². The van der Waals surface area contributed by atoms with Crippen LogP contribution in [0.25, 0.3) is 0 Å². The Morgan fingerprint density at radius 3 is 2.65 bits per heavy atom. The van der Waals surface area contributed by atoms with E-state index in [1.807, 2.05) is 13.8 Å². The van der Waals surface area contributed by atoms with Gasteiger partial charge in [-0.2, -0.15) is 0 Å². The van der Waals surface area contributed by atoms with Crippen LogP contribution >= 0.6 is 0 Å². The Kier molecular flexibility index (Phi) is 6.87. The van der Waals surface area contributed by atoms with Crippen molar-refractivity contribution in [2.45, 2.75) is 33.2 Å². The second kappa shape index (κ2) is 8.43. The molecule has 0 saturated carbocycles. The molecular formula is C15H23NO4. The van der Waals surface area contributed by atoms with E-state index in [9.17, 15) is 9.90 Å². The molecule has 0 spiro atoms. The van der Waals surface area contributed by atoms with Crippen molar-refractivity contribution < 1.29 is 19.4 Å². The molecule has 0 saturated heterocycles. The number of hydrogen-bond donors (Lipinski definition) is 2. The van der Waals surface area contributed by atoms with Gasteiger partial charge in [-0.1, -0.05) is 13.0 Å². The van der Waals surface area contributed by atoms with Crippen LogP contribution in [0.15, 0.2) is 18.2 Å². The van der Waals surface area contributed by atoms with Gasteiger partial charge in [0.15, 0.2) is 11.5 Å². The van der Waals surface area contributed by atoms with E-state index in [1.165, 1.54) is 6.07 Å². The van der Waals surface area contributed by atoms with Crippen molar-refractivity contribution in [3.05, 3.63) is 23.8 Å². The first-order valence-electron chi connectivity index (χ1n) is 6.99. The number of benzene rings is 1. The van der Waals surface area contributed by atoms with Gasteiger partial charge in [0, 0.05) is 0 Å². The maximum atomic E-state index is 12.0. The van der Waals surface area contributed by atoms with Crippen molar-refractivity contribution in [1.29, 1.82) is 0 Å². The zero-order valence-electron chi connectivity index (χ0n) is 12.3. The Labute approximate surface area is 119 Å². The van der Waals surface area contributed by atoms with Crippen LogP contribution < -0.4 is 10.1 Å². The van der Waals surface area contributed by atoms with Gasteiger partial charge in [-0.3, -0.25) is 0 Å². The Hall–Kier alpha value is -1.75. The maximum absolute atomic E-state index is 12.0. The molecule has 1 atom stereocenters. The number of aromatic hydroxyl groups is 1. The molecule has 0 aliphatic carbocycles. The van der Waals surface area contributed by atoms with E-state index in [0.717, 1.165) is 12.0 Å². The smallest absolute Gasteiger partial charge is 0.327 e. The fraction of sp³-hybridized carbons (Fsp3) is 0.533. The molecular weight excluding hydrogens is 258 g/mol. The van der Waals surface area contributed by atoms with Crippen molar-refractivity contribution in [3.63, 3.8) is 0 Å². The first-order valence-corrected chi connectivity index (χ1v) is 6.99. The lowest BCUT2D eigenvalue weighted by Gasteiger charge is -2.18. The summed E-state index contributed by atoms with van der Waals surface area (Å²) in [5.41, 5.74) is 0.721. The fourth-order valence-corrected chi connectivity index (χ4v) is 1.83. The predicted octanol–water partition coefficient (Wildman–Crippen LogP) is 2.39. The molecule has 0 amide bonds. The first-order chi connectivity index (χ1) is 9.63. The van der Waals surface area contributed by atoms with E-state index in [2.05, 4.69) is 5.32 Å². The molecule has 1 aromatic carbocycles. The second-order valence-corrected chi connectivity index (χ2v) is 4.30. The van der Waals surface area contributed by atoms with Crippen LogP contribution in [-0.2, 0) is 9.53 Å². The molecule has 0 fully saturated rings. The molecule has 0 aliphatic rings. The largest absolute Gasteiger partial charge is 0.504 e. The Morgan fingerprint density at radius 1 is 1.30 bits per heavy atom. The Morgan fingerprint density at radius 2 is 2.05 bits per heavy atom. The third-order valence-electron chi connectivity index (χ3n) is 2.74. The lowest BCUT2D eigenvalue weighted by Crippen LogP contribution is -2.30. The van der Waals surface area contributed by atoms with Gasteiger partial charge in [-0.25, -0.2) is 4.79 Å².